The summed E-state index contributed by atoms with van der Waals surface area (Å²) < 4.78 is 5.47. The molecule has 1 aromatic rings. The van der Waals surface area contributed by atoms with E-state index in [0.717, 1.165) is 30.4 Å². The fraction of sp³-hybridized carbons (Fsp3) is 0.471. The van der Waals surface area contributed by atoms with Gasteiger partial charge in [-0.3, -0.25) is 4.79 Å². The molecule has 0 spiro atoms. The monoisotopic (exact) mass is 287 g/mol. The van der Waals surface area contributed by atoms with Gasteiger partial charge in [0.25, 0.3) is 0 Å². The Balaban J connectivity index is 1.93. The molecule has 21 heavy (non-hydrogen) atoms. The summed E-state index contributed by atoms with van der Waals surface area (Å²) in [7, 11) is 0. The third-order valence-corrected chi connectivity index (χ3v) is 3.40. The summed E-state index contributed by atoms with van der Waals surface area (Å²) in [5, 5.41) is 11.7. The molecule has 1 atom stereocenters. The lowest BCUT2D eigenvalue weighted by molar-refractivity contribution is -0.135. The van der Waals surface area contributed by atoms with Gasteiger partial charge in [-0.2, -0.15) is 0 Å². The van der Waals surface area contributed by atoms with E-state index in [0.29, 0.717) is 19.6 Å². The number of ether oxygens (including phenoxy) is 1. The van der Waals surface area contributed by atoms with Gasteiger partial charge < -0.3 is 15.2 Å². The molecule has 1 aliphatic heterocycles. The lowest BCUT2D eigenvalue weighted by Gasteiger charge is -2.21. The van der Waals surface area contributed by atoms with Crippen molar-refractivity contribution in [3.05, 3.63) is 35.4 Å². The first-order chi connectivity index (χ1) is 10.3. The van der Waals surface area contributed by atoms with Crippen LogP contribution < -0.4 is 5.32 Å². The topological polar surface area (TPSA) is 58.6 Å². The van der Waals surface area contributed by atoms with Crippen molar-refractivity contribution in [3.63, 3.8) is 0 Å². The van der Waals surface area contributed by atoms with Crippen LogP contribution in [0.3, 0.4) is 0 Å². The summed E-state index contributed by atoms with van der Waals surface area (Å²) in [6.07, 6.45) is 3.01. The molecule has 2 rings (SSSR count). The highest BCUT2D eigenvalue weighted by Gasteiger charge is 2.21. The maximum absolute atomic E-state index is 12.0. The van der Waals surface area contributed by atoms with Gasteiger partial charge in [0.05, 0.1) is 6.61 Å². The number of hydrogen-bond donors (Lipinski definition) is 2. The van der Waals surface area contributed by atoms with Crippen molar-refractivity contribution in [1.29, 1.82) is 0 Å². The molecule has 2 N–H and O–H groups in total. The van der Waals surface area contributed by atoms with E-state index in [1.54, 1.807) is 0 Å². The van der Waals surface area contributed by atoms with Crippen LogP contribution in [0.4, 0.5) is 0 Å². The SMILES string of the molecule is O=C(NCc1ccccc1C#CCCO)C1CCCCO1. The van der Waals surface area contributed by atoms with E-state index < -0.39 is 0 Å². The van der Waals surface area contributed by atoms with Crippen molar-refractivity contribution in [3.8, 4) is 11.8 Å². The first-order valence-electron chi connectivity index (χ1n) is 7.38. The van der Waals surface area contributed by atoms with Gasteiger partial charge in [0.15, 0.2) is 0 Å². The summed E-state index contributed by atoms with van der Waals surface area (Å²) in [6.45, 7) is 1.18. The van der Waals surface area contributed by atoms with Crippen LogP contribution in [-0.2, 0) is 16.1 Å². The van der Waals surface area contributed by atoms with Crippen molar-refractivity contribution in [1.82, 2.24) is 5.32 Å². The molecule has 1 fully saturated rings. The van der Waals surface area contributed by atoms with Gasteiger partial charge >= 0.3 is 0 Å². The van der Waals surface area contributed by atoms with Gasteiger partial charge in [0.2, 0.25) is 5.91 Å². The molecule has 1 heterocycles. The van der Waals surface area contributed by atoms with Crippen LogP contribution in [0, 0.1) is 11.8 Å². The molecular formula is C17H21NO3. The molecule has 0 radical (unpaired) electrons. The van der Waals surface area contributed by atoms with E-state index in [1.165, 1.54) is 0 Å². The van der Waals surface area contributed by atoms with Crippen LogP contribution in [-0.4, -0.2) is 30.3 Å². The van der Waals surface area contributed by atoms with E-state index >= 15 is 0 Å². The highest BCUT2D eigenvalue weighted by Crippen LogP contribution is 2.13. The number of nitrogens with one attached hydrogen (secondary N) is 1. The number of benzene rings is 1. The van der Waals surface area contributed by atoms with Gasteiger partial charge in [0, 0.05) is 25.1 Å². The second kappa shape index (κ2) is 8.46. The first-order valence-corrected chi connectivity index (χ1v) is 7.38. The Morgan fingerprint density at radius 1 is 1.38 bits per heavy atom. The molecule has 1 unspecified atom stereocenters. The lowest BCUT2D eigenvalue weighted by atomic mass is 10.1. The Morgan fingerprint density at radius 3 is 3.00 bits per heavy atom. The van der Waals surface area contributed by atoms with Crippen molar-refractivity contribution >= 4 is 5.91 Å². The Kier molecular flexibility index (Phi) is 6.26. The minimum atomic E-state index is -0.314. The highest BCUT2D eigenvalue weighted by atomic mass is 16.5. The number of hydrogen-bond acceptors (Lipinski definition) is 3. The summed E-state index contributed by atoms with van der Waals surface area (Å²) in [6, 6.07) is 7.71. The largest absolute Gasteiger partial charge is 0.395 e. The fourth-order valence-electron chi connectivity index (χ4n) is 2.25. The maximum Gasteiger partial charge on any atom is 0.249 e. The predicted octanol–water partition coefficient (Wildman–Crippen LogP) is 1.61. The summed E-state index contributed by atoms with van der Waals surface area (Å²) in [5.41, 5.74) is 1.86. The normalized spacial score (nSPS) is 17.7. The van der Waals surface area contributed by atoms with Crippen molar-refractivity contribution in [2.24, 2.45) is 0 Å². The summed E-state index contributed by atoms with van der Waals surface area (Å²) in [5.74, 6) is 5.88. The highest BCUT2D eigenvalue weighted by molar-refractivity contribution is 5.80. The van der Waals surface area contributed by atoms with Gasteiger partial charge in [-0.15, -0.1) is 0 Å². The second-order valence-corrected chi connectivity index (χ2v) is 5.01. The molecular weight excluding hydrogens is 266 g/mol. The molecule has 1 aliphatic rings. The van der Waals surface area contributed by atoms with Crippen molar-refractivity contribution in [2.75, 3.05) is 13.2 Å². The van der Waals surface area contributed by atoms with Crippen molar-refractivity contribution in [2.45, 2.75) is 38.3 Å². The van der Waals surface area contributed by atoms with Crippen LogP contribution in [0.1, 0.15) is 36.8 Å². The second-order valence-electron chi connectivity index (χ2n) is 5.01. The van der Waals surface area contributed by atoms with Crippen LogP contribution in [0.5, 0.6) is 0 Å². The molecule has 4 heteroatoms. The van der Waals surface area contributed by atoms with E-state index in [4.69, 9.17) is 9.84 Å². The van der Waals surface area contributed by atoms with Crippen LogP contribution in [0.15, 0.2) is 24.3 Å². The number of aliphatic hydroxyl groups is 1. The molecule has 1 aromatic carbocycles. The van der Waals surface area contributed by atoms with E-state index in [9.17, 15) is 4.79 Å². The standard InChI is InChI=1S/C17H21NO3/c19-11-5-3-8-14-7-1-2-9-15(14)13-18-17(20)16-10-4-6-12-21-16/h1-2,7,9,16,19H,4-6,10-13H2,(H,18,20). The average Bonchev–Trinajstić information content (AvgIpc) is 2.54. The van der Waals surface area contributed by atoms with Crippen LogP contribution >= 0.6 is 0 Å². The average molecular weight is 287 g/mol. The Hall–Kier alpha value is -1.83. The zero-order chi connectivity index (χ0) is 14.9. The van der Waals surface area contributed by atoms with E-state index in [-0.39, 0.29) is 18.6 Å². The smallest absolute Gasteiger partial charge is 0.249 e. The predicted molar refractivity (Wildman–Crippen MR) is 80.5 cm³/mol. The molecule has 4 nitrogen and oxygen atoms in total. The van der Waals surface area contributed by atoms with Crippen LogP contribution in [0.2, 0.25) is 0 Å². The van der Waals surface area contributed by atoms with Crippen molar-refractivity contribution < 1.29 is 14.6 Å². The first kappa shape index (κ1) is 15.6. The Bertz CT molecular complexity index is 524. The van der Waals surface area contributed by atoms with E-state index in [1.807, 2.05) is 24.3 Å². The molecule has 1 amide bonds. The quantitative estimate of drug-likeness (QED) is 0.827. The summed E-state index contributed by atoms with van der Waals surface area (Å²) in [4.78, 5) is 12.0. The third-order valence-electron chi connectivity index (χ3n) is 3.40. The number of carbonyl (C=O) groups is 1. The molecule has 112 valence electrons. The summed E-state index contributed by atoms with van der Waals surface area (Å²) >= 11 is 0. The third kappa shape index (κ3) is 4.89. The maximum atomic E-state index is 12.0. The molecule has 0 saturated carbocycles. The van der Waals surface area contributed by atoms with E-state index in [2.05, 4.69) is 17.2 Å². The minimum absolute atomic E-state index is 0.0483. The zero-order valence-corrected chi connectivity index (χ0v) is 12.1. The number of amides is 1. The van der Waals surface area contributed by atoms with Crippen LogP contribution in [0.25, 0.3) is 0 Å². The Labute approximate surface area is 125 Å². The molecule has 1 saturated heterocycles. The fourth-order valence-corrected chi connectivity index (χ4v) is 2.25. The van der Waals surface area contributed by atoms with Gasteiger partial charge in [-0.1, -0.05) is 30.0 Å². The number of carbonyl (C=O) groups excluding carboxylic acids is 1. The molecule has 0 aromatic heterocycles. The molecule has 0 aliphatic carbocycles. The van der Waals surface area contributed by atoms with Gasteiger partial charge in [0.1, 0.15) is 6.10 Å². The molecule has 0 bridgehead atoms. The minimum Gasteiger partial charge on any atom is -0.395 e. The zero-order valence-electron chi connectivity index (χ0n) is 12.1. The number of rotatable bonds is 4. The Morgan fingerprint density at radius 2 is 2.24 bits per heavy atom. The lowest BCUT2D eigenvalue weighted by Crippen LogP contribution is -2.38. The van der Waals surface area contributed by atoms with Gasteiger partial charge in [-0.25, -0.2) is 0 Å². The van der Waals surface area contributed by atoms with Gasteiger partial charge in [-0.05, 0) is 30.9 Å². The number of aliphatic hydroxyl groups excluding tert-OH is 1.